The first-order valence-electron chi connectivity index (χ1n) is 7.05. The molecular weight excluding hydrogens is 244 g/mol. The lowest BCUT2D eigenvalue weighted by molar-refractivity contribution is 0.795. The minimum atomic E-state index is 0.904. The molecule has 2 heteroatoms. The third-order valence-corrected chi connectivity index (χ3v) is 3.67. The molecule has 2 nitrogen and oxygen atoms in total. The van der Waals surface area contributed by atoms with E-state index in [0.29, 0.717) is 0 Å². The van der Waals surface area contributed by atoms with Crippen LogP contribution in [0, 0.1) is 6.92 Å². The van der Waals surface area contributed by atoms with Gasteiger partial charge in [-0.2, -0.15) is 0 Å². The molecule has 102 valence electrons. The van der Waals surface area contributed by atoms with E-state index >= 15 is 0 Å². The first-order valence-corrected chi connectivity index (χ1v) is 7.05. The largest absolute Gasteiger partial charge is 0.343 e. The molecule has 20 heavy (non-hydrogen) atoms. The van der Waals surface area contributed by atoms with Gasteiger partial charge in [0.05, 0.1) is 0 Å². The number of hydrogen-bond donors (Lipinski definition) is 1. The van der Waals surface area contributed by atoms with Crippen LogP contribution >= 0.6 is 0 Å². The second-order valence-electron chi connectivity index (χ2n) is 5.32. The number of aromatic nitrogens is 1. The Morgan fingerprint density at radius 3 is 2.70 bits per heavy atom. The van der Waals surface area contributed by atoms with Gasteiger partial charge in [0.1, 0.15) is 0 Å². The fourth-order valence-corrected chi connectivity index (χ4v) is 2.79. The SMILES string of the molecule is CNCc1cn(Cc2cccc(C)c2)c2ccccc12. The van der Waals surface area contributed by atoms with E-state index < -0.39 is 0 Å². The highest BCUT2D eigenvalue weighted by atomic mass is 15.0. The van der Waals surface area contributed by atoms with E-state index in [1.54, 1.807) is 0 Å². The lowest BCUT2D eigenvalue weighted by Gasteiger charge is -2.06. The average Bonchev–Trinajstić information content (AvgIpc) is 2.78. The molecule has 0 spiro atoms. The molecular formula is C18H20N2. The maximum Gasteiger partial charge on any atom is 0.0486 e. The van der Waals surface area contributed by atoms with Crippen molar-refractivity contribution in [2.75, 3.05) is 7.05 Å². The molecule has 2 aromatic carbocycles. The number of nitrogens with zero attached hydrogens (tertiary/aromatic N) is 1. The molecule has 0 bridgehead atoms. The number of aryl methyl sites for hydroxylation is 1. The monoisotopic (exact) mass is 264 g/mol. The van der Waals surface area contributed by atoms with E-state index in [-0.39, 0.29) is 0 Å². The van der Waals surface area contributed by atoms with Crippen LogP contribution in [0.5, 0.6) is 0 Å². The Kier molecular flexibility index (Phi) is 3.57. The first kappa shape index (κ1) is 12.9. The Balaban J connectivity index is 2.03. The average molecular weight is 264 g/mol. The summed E-state index contributed by atoms with van der Waals surface area (Å²) in [6.45, 7) is 3.97. The lowest BCUT2D eigenvalue weighted by atomic mass is 10.1. The van der Waals surface area contributed by atoms with E-state index in [9.17, 15) is 0 Å². The highest BCUT2D eigenvalue weighted by Crippen LogP contribution is 2.22. The number of hydrogen-bond acceptors (Lipinski definition) is 1. The molecule has 3 aromatic rings. The molecule has 0 saturated carbocycles. The molecule has 0 atom stereocenters. The van der Waals surface area contributed by atoms with Crippen molar-refractivity contribution in [3.63, 3.8) is 0 Å². The van der Waals surface area contributed by atoms with Gasteiger partial charge in [-0.05, 0) is 31.2 Å². The zero-order valence-electron chi connectivity index (χ0n) is 12.1. The molecule has 0 amide bonds. The van der Waals surface area contributed by atoms with Crippen LogP contribution in [-0.2, 0) is 13.1 Å². The van der Waals surface area contributed by atoms with Gasteiger partial charge in [-0.25, -0.2) is 0 Å². The van der Waals surface area contributed by atoms with Crippen LogP contribution in [0.4, 0.5) is 0 Å². The predicted octanol–water partition coefficient (Wildman–Crippen LogP) is 3.72. The van der Waals surface area contributed by atoms with E-state index in [1.165, 1.54) is 27.6 Å². The van der Waals surface area contributed by atoms with Gasteiger partial charge in [-0.1, -0.05) is 48.0 Å². The van der Waals surface area contributed by atoms with Crippen LogP contribution in [0.1, 0.15) is 16.7 Å². The molecule has 3 rings (SSSR count). The number of nitrogens with one attached hydrogen (secondary N) is 1. The minimum Gasteiger partial charge on any atom is -0.343 e. The normalized spacial score (nSPS) is 11.1. The van der Waals surface area contributed by atoms with Crippen LogP contribution in [0.25, 0.3) is 10.9 Å². The number of para-hydroxylation sites is 1. The van der Waals surface area contributed by atoms with Gasteiger partial charge in [0.25, 0.3) is 0 Å². The third-order valence-electron chi connectivity index (χ3n) is 3.67. The third kappa shape index (κ3) is 2.47. The van der Waals surface area contributed by atoms with Gasteiger partial charge in [0, 0.05) is 30.2 Å². The maximum atomic E-state index is 3.25. The fraction of sp³-hybridized carbons (Fsp3) is 0.222. The fourth-order valence-electron chi connectivity index (χ4n) is 2.79. The van der Waals surface area contributed by atoms with Crippen molar-refractivity contribution in [2.45, 2.75) is 20.0 Å². The number of fused-ring (bicyclic) bond motifs is 1. The van der Waals surface area contributed by atoms with Gasteiger partial charge < -0.3 is 9.88 Å². The molecule has 0 aliphatic rings. The summed E-state index contributed by atoms with van der Waals surface area (Å²) in [5.41, 5.74) is 5.33. The summed E-state index contributed by atoms with van der Waals surface area (Å²) in [6.07, 6.45) is 2.27. The van der Waals surface area contributed by atoms with Crippen molar-refractivity contribution in [3.8, 4) is 0 Å². The summed E-state index contributed by atoms with van der Waals surface area (Å²) >= 11 is 0. The quantitative estimate of drug-likeness (QED) is 0.760. The zero-order valence-corrected chi connectivity index (χ0v) is 12.1. The van der Waals surface area contributed by atoms with Crippen molar-refractivity contribution >= 4 is 10.9 Å². The molecule has 0 saturated heterocycles. The van der Waals surface area contributed by atoms with Crippen LogP contribution in [0.3, 0.4) is 0 Å². The Labute approximate surface area is 120 Å². The molecule has 1 N–H and O–H groups in total. The van der Waals surface area contributed by atoms with Crippen molar-refractivity contribution in [2.24, 2.45) is 0 Å². The van der Waals surface area contributed by atoms with Gasteiger partial charge in [-0.3, -0.25) is 0 Å². The van der Waals surface area contributed by atoms with E-state index in [1.807, 2.05) is 7.05 Å². The highest BCUT2D eigenvalue weighted by molar-refractivity contribution is 5.84. The zero-order chi connectivity index (χ0) is 13.9. The minimum absolute atomic E-state index is 0.904. The van der Waals surface area contributed by atoms with Crippen molar-refractivity contribution in [1.29, 1.82) is 0 Å². The molecule has 1 heterocycles. The summed E-state index contributed by atoms with van der Waals surface area (Å²) in [4.78, 5) is 0. The summed E-state index contributed by atoms with van der Waals surface area (Å²) in [5, 5.41) is 4.59. The van der Waals surface area contributed by atoms with E-state index in [2.05, 4.69) is 71.5 Å². The van der Waals surface area contributed by atoms with E-state index in [4.69, 9.17) is 0 Å². The highest BCUT2D eigenvalue weighted by Gasteiger charge is 2.07. The van der Waals surface area contributed by atoms with Crippen molar-refractivity contribution in [3.05, 3.63) is 71.4 Å². The van der Waals surface area contributed by atoms with Gasteiger partial charge in [0.2, 0.25) is 0 Å². The Bertz CT molecular complexity index is 725. The summed E-state index contributed by atoms with van der Waals surface area (Å²) in [6, 6.07) is 17.3. The van der Waals surface area contributed by atoms with Gasteiger partial charge in [0.15, 0.2) is 0 Å². The van der Waals surface area contributed by atoms with Crippen molar-refractivity contribution < 1.29 is 0 Å². The number of rotatable bonds is 4. The van der Waals surface area contributed by atoms with Gasteiger partial charge >= 0.3 is 0 Å². The molecule has 0 aliphatic carbocycles. The molecule has 1 aromatic heterocycles. The number of benzene rings is 2. The smallest absolute Gasteiger partial charge is 0.0486 e. The standard InChI is InChI=1S/C18H20N2/c1-14-6-5-7-15(10-14)12-20-13-16(11-19-2)17-8-3-4-9-18(17)20/h3-10,13,19H,11-12H2,1-2H3. The molecule has 0 aliphatic heterocycles. The van der Waals surface area contributed by atoms with Crippen LogP contribution in [-0.4, -0.2) is 11.6 Å². The van der Waals surface area contributed by atoms with Crippen molar-refractivity contribution in [1.82, 2.24) is 9.88 Å². The van der Waals surface area contributed by atoms with Crippen LogP contribution < -0.4 is 5.32 Å². The Hall–Kier alpha value is -2.06. The Morgan fingerprint density at radius 1 is 1.05 bits per heavy atom. The predicted molar refractivity (Wildman–Crippen MR) is 85.0 cm³/mol. The van der Waals surface area contributed by atoms with Crippen LogP contribution in [0.2, 0.25) is 0 Å². The second kappa shape index (κ2) is 5.51. The first-order chi connectivity index (χ1) is 9.78. The molecule has 0 fully saturated rings. The summed E-state index contributed by atoms with van der Waals surface area (Å²) in [5.74, 6) is 0. The van der Waals surface area contributed by atoms with Gasteiger partial charge in [-0.15, -0.1) is 0 Å². The molecule has 0 radical (unpaired) electrons. The summed E-state index contributed by atoms with van der Waals surface area (Å²) in [7, 11) is 1.99. The summed E-state index contributed by atoms with van der Waals surface area (Å²) < 4.78 is 2.34. The Morgan fingerprint density at radius 2 is 1.90 bits per heavy atom. The maximum absolute atomic E-state index is 3.25. The topological polar surface area (TPSA) is 17.0 Å². The second-order valence-corrected chi connectivity index (χ2v) is 5.32. The van der Waals surface area contributed by atoms with E-state index in [0.717, 1.165) is 13.1 Å². The van der Waals surface area contributed by atoms with Crippen LogP contribution in [0.15, 0.2) is 54.7 Å². The molecule has 0 unspecified atom stereocenters. The lowest BCUT2D eigenvalue weighted by Crippen LogP contribution is -2.04.